The zero-order valence-corrected chi connectivity index (χ0v) is 24.8. The van der Waals surface area contributed by atoms with Crippen molar-refractivity contribution in [2.45, 2.75) is 81.5 Å². The van der Waals surface area contributed by atoms with Crippen LogP contribution < -0.4 is 16.4 Å². The Morgan fingerprint density at radius 3 is 2.61 bits per heavy atom. The monoisotopic (exact) mass is 608 g/mol. The van der Waals surface area contributed by atoms with Crippen molar-refractivity contribution in [1.29, 1.82) is 0 Å². The van der Waals surface area contributed by atoms with Gasteiger partial charge in [-0.2, -0.15) is 0 Å². The van der Waals surface area contributed by atoms with E-state index in [1.165, 1.54) is 6.07 Å². The number of aliphatic hydroxyl groups excluding tert-OH is 1. The minimum Gasteiger partial charge on any atom is -0.393 e. The molecule has 0 radical (unpaired) electrons. The molecule has 1 unspecified atom stereocenters. The van der Waals surface area contributed by atoms with Gasteiger partial charge in [-0.3, -0.25) is 13.9 Å². The lowest BCUT2D eigenvalue weighted by Gasteiger charge is -2.49. The Bertz CT molecular complexity index is 1200. The number of benzene rings is 2. The van der Waals surface area contributed by atoms with E-state index in [1.54, 1.807) is 24.3 Å². The smallest absolute Gasteiger partial charge is 0.241 e. The molecular weight excluding hydrogens is 567 g/mol. The zero-order chi connectivity index (χ0) is 29.1. The van der Waals surface area contributed by atoms with Crippen LogP contribution in [0.5, 0.6) is 0 Å². The molecule has 7 N–H and O–H groups in total. The van der Waals surface area contributed by atoms with Crippen molar-refractivity contribution in [3.8, 4) is 0 Å². The first-order valence-corrected chi connectivity index (χ1v) is 16.7. The average molecular weight is 609 g/mol. The number of nitrogens with zero attached hydrogens (tertiary/aromatic N) is 1. The van der Waals surface area contributed by atoms with Crippen molar-refractivity contribution in [1.82, 2.24) is 9.62 Å². The minimum atomic E-state index is -2.86. The van der Waals surface area contributed by atoms with E-state index < -0.39 is 28.5 Å². The minimum absolute atomic E-state index is 0.114. The second-order valence-corrected chi connectivity index (χ2v) is 14.4. The van der Waals surface area contributed by atoms with Gasteiger partial charge < -0.3 is 21.5 Å². The molecule has 1 amide bonds. The first-order valence-electron chi connectivity index (χ1n) is 14.7. The van der Waals surface area contributed by atoms with Gasteiger partial charge in [0, 0.05) is 47.4 Å². The molecule has 226 valence electrons. The van der Waals surface area contributed by atoms with Gasteiger partial charge in [-0.15, -0.1) is 10.8 Å². The number of carbonyl (C=O) groups excluding carboxylic acids is 1. The largest absolute Gasteiger partial charge is 0.393 e. The van der Waals surface area contributed by atoms with Crippen LogP contribution in [0.25, 0.3) is 0 Å². The Balaban J connectivity index is 1.32. The van der Waals surface area contributed by atoms with Gasteiger partial charge in [0.25, 0.3) is 0 Å². The molecule has 2 bridgehead atoms. The lowest BCUT2D eigenvalue weighted by atomic mass is 9.72. The topological polar surface area (TPSA) is 131 Å². The summed E-state index contributed by atoms with van der Waals surface area (Å²) in [6, 6.07) is 11.2. The van der Waals surface area contributed by atoms with Crippen LogP contribution >= 0.6 is 22.4 Å². The van der Waals surface area contributed by atoms with Crippen LogP contribution in [0.2, 0.25) is 5.02 Å². The number of carbonyl (C=O) groups is 1. The molecule has 8 nitrogen and oxygen atoms in total. The predicted octanol–water partition coefficient (Wildman–Crippen LogP) is 5.11. The van der Waals surface area contributed by atoms with Gasteiger partial charge >= 0.3 is 0 Å². The fraction of sp³-hybridized carbons (Fsp3) is 0.567. The van der Waals surface area contributed by atoms with E-state index >= 15 is 4.39 Å². The van der Waals surface area contributed by atoms with Crippen LogP contribution in [0.1, 0.15) is 62.0 Å². The predicted molar refractivity (Wildman–Crippen MR) is 163 cm³/mol. The van der Waals surface area contributed by atoms with E-state index in [-0.39, 0.29) is 30.0 Å². The summed E-state index contributed by atoms with van der Waals surface area (Å²) in [4.78, 5) is 13.6. The highest BCUT2D eigenvalue weighted by Crippen LogP contribution is 2.49. The number of halogens is 2. The van der Waals surface area contributed by atoms with Gasteiger partial charge in [0.1, 0.15) is 5.82 Å². The first-order chi connectivity index (χ1) is 19.6. The molecule has 0 spiro atoms. The van der Waals surface area contributed by atoms with Gasteiger partial charge in [0.2, 0.25) is 5.91 Å². The molecule has 11 heteroatoms. The van der Waals surface area contributed by atoms with Gasteiger partial charge in [-0.1, -0.05) is 29.8 Å². The summed E-state index contributed by atoms with van der Waals surface area (Å²) in [5, 5.41) is 17.1. The maximum Gasteiger partial charge on any atom is 0.241 e. The summed E-state index contributed by atoms with van der Waals surface area (Å²) in [6.07, 6.45) is 4.99. The molecule has 2 aromatic rings. The third-order valence-corrected chi connectivity index (χ3v) is 11.4. The summed E-state index contributed by atoms with van der Waals surface area (Å²) in [6.45, 7) is 1.16. The third kappa shape index (κ3) is 7.25. The van der Waals surface area contributed by atoms with Gasteiger partial charge in [0.05, 0.1) is 17.9 Å². The lowest BCUT2D eigenvalue weighted by molar-refractivity contribution is -0.118. The van der Waals surface area contributed by atoms with Crippen LogP contribution in [0.3, 0.4) is 0 Å². The molecule has 1 saturated carbocycles. The quantitative estimate of drug-likeness (QED) is 0.245. The highest BCUT2D eigenvalue weighted by Gasteiger charge is 2.39. The number of amides is 1. The van der Waals surface area contributed by atoms with Crippen molar-refractivity contribution in [2.24, 2.45) is 11.7 Å². The van der Waals surface area contributed by atoms with Crippen molar-refractivity contribution in [3.63, 3.8) is 0 Å². The van der Waals surface area contributed by atoms with Crippen molar-refractivity contribution in [3.05, 3.63) is 64.4 Å². The van der Waals surface area contributed by atoms with E-state index in [9.17, 15) is 19.0 Å². The van der Waals surface area contributed by atoms with E-state index in [2.05, 4.69) is 10.6 Å². The first kappa shape index (κ1) is 30.7. The van der Waals surface area contributed by atoms with Crippen LogP contribution in [0, 0.1) is 11.7 Å². The van der Waals surface area contributed by atoms with E-state index in [0.29, 0.717) is 60.8 Å². The number of anilines is 1. The molecule has 3 aliphatic rings. The maximum absolute atomic E-state index is 15.2. The standard InChI is InChI=1S/C30H42ClFN4O4S/c31-21-10-6-19(7-11-21)28(20-8-13-24(37)14-9-20)29(33)30(38)35-27-5-1-4-26(32)25(27)15-12-23-17-34-22-3-2-16-41(39,40)36(23)18-22/h1,4-7,10-11,20,22-24,28-29,34,37,39-40H,2-3,8-9,12-18,33H2,(H,35,38)/t20?,22-,23+,24?,28+,29+/m1/s1. The zero-order valence-electron chi connectivity index (χ0n) is 23.2. The molecule has 5 atom stereocenters. The highest BCUT2D eigenvalue weighted by atomic mass is 35.5. The SMILES string of the molecule is N[C@H](C(=O)Nc1cccc(F)c1CC[C@H]1CN[C@@H]2CCCS(O)(O)N1C2)[C@@H](c1ccc(Cl)cc1)C1CCC(O)CC1. The number of nitrogens with two attached hydrogens (primary N) is 1. The Morgan fingerprint density at radius 2 is 1.88 bits per heavy atom. The molecule has 0 aromatic heterocycles. The summed E-state index contributed by atoms with van der Waals surface area (Å²) >= 11 is 6.13. The lowest BCUT2D eigenvalue weighted by Crippen LogP contribution is -2.55. The van der Waals surface area contributed by atoms with Crippen molar-refractivity contribution < 1.29 is 23.4 Å². The van der Waals surface area contributed by atoms with Gasteiger partial charge in [-0.25, -0.2) is 8.70 Å². The van der Waals surface area contributed by atoms with Crippen LogP contribution in [0.4, 0.5) is 10.1 Å². The van der Waals surface area contributed by atoms with E-state index in [4.69, 9.17) is 17.3 Å². The van der Waals surface area contributed by atoms with Crippen LogP contribution in [-0.2, 0) is 11.2 Å². The molecule has 2 aromatic carbocycles. The molecule has 5 rings (SSSR count). The Hall–Kier alpha value is -1.76. The fourth-order valence-corrected chi connectivity index (χ4v) is 8.80. The molecular formula is C30H42ClFN4O4S. The number of rotatable bonds is 8. The highest BCUT2D eigenvalue weighted by molar-refractivity contribution is 8.22. The van der Waals surface area contributed by atoms with Crippen LogP contribution in [-0.4, -0.2) is 67.5 Å². The molecule has 2 saturated heterocycles. The third-order valence-electron chi connectivity index (χ3n) is 9.09. The van der Waals surface area contributed by atoms with E-state index in [0.717, 1.165) is 31.2 Å². The summed E-state index contributed by atoms with van der Waals surface area (Å²) in [5.41, 5.74) is 8.33. The Morgan fingerprint density at radius 1 is 1.15 bits per heavy atom. The second-order valence-electron chi connectivity index (χ2n) is 11.8. The van der Waals surface area contributed by atoms with Gasteiger partial charge in [0.15, 0.2) is 0 Å². The number of nitrogens with one attached hydrogen (secondary N) is 2. The average Bonchev–Trinajstić information content (AvgIpc) is 3.06. The fourth-order valence-electron chi connectivity index (χ4n) is 6.81. The number of hydrogen-bond acceptors (Lipinski definition) is 7. The second kappa shape index (κ2) is 13.3. The maximum atomic E-state index is 15.2. The summed E-state index contributed by atoms with van der Waals surface area (Å²) in [7, 11) is -2.86. The molecule has 2 heterocycles. The van der Waals surface area contributed by atoms with Crippen LogP contribution in [0.15, 0.2) is 42.5 Å². The Labute approximate surface area is 248 Å². The number of piperazine rings is 1. The number of aliphatic hydroxyl groups is 1. The van der Waals surface area contributed by atoms with Gasteiger partial charge in [-0.05, 0) is 87.1 Å². The normalized spacial score (nSPS) is 30.0. The van der Waals surface area contributed by atoms with Crippen molar-refractivity contribution >= 4 is 34.0 Å². The summed E-state index contributed by atoms with van der Waals surface area (Å²) < 4.78 is 38.5. The number of fused-ring (bicyclic) bond motifs is 2. The molecule has 41 heavy (non-hydrogen) atoms. The van der Waals surface area contributed by atoms with E-state index in [1.807, 2.05) is 16.4 Å². The van der Waals surface area contributed by atoms with Crippen molar-refractivity contribution in [2.75, 3.05) is 24.2 Å². The molecule has 1 aliphatic carbocycles. The Kier molecular flexibility index (Phi) is 9.93. The summed E-state index contributed by atoms with van der Waals surface area (Å²) in [5.74, 6) is -0.632. The molecule has 3 fully saturated rings. The number of hydrogen-bond donors (Lipinski definition) is 6. The molecule has 2 aliphatic heterocycles.